The predicted octanol–water partition coefficient (Wildman–Crippen LogP) is 1.79. The van der Waals surface area contributed by atoms with Crippen molar-refractivity contribution in [3.8, 4) is 5.75 Å². The first kappa shape index (κ1) is 8.91. The second-order valence-corrected chi connectivity index (χ2v) is 5.03. The Morgan fingerprint density at radius 1 is 1.60 bits per heavy atom. The first-order chi connectivity index (χ1) is 7.18. The monoisotopic (exact) mass is 222 g/mol. The van der Waals surface area contributed by atoms with Gasteiger partial charge in [-0.15, -0.1) is 11.3 Å². The zero-order chi connectivity index (χ0) is 10.6. The third-order valence-electron chi connectivity index (χ3n) is 2.89. The second kappa shape index (κ2) is 2.82. The van der Waals surface area contributed by atoms with E-state index < -0.39 is 0 Å². The standard InChI is InChI=1S/C10H10N2O2S/c1-4-7(13)6-8(14)5-2-3-11-9(5)12-10(6)15-4/h5,13H,2-3H2,1H3,(H,11,12). The van der Waals surface area contributed by atoms with E-state index in [1.807, 2.05) is 6.92 Å². The largest absolute Gasteiger partial charge is 0.506 e. The molecule has 0 bridgehead atoms. The van der Waals surface area contributed by atoms with Crippen molar-refractivity contribution in [2.24, 2.45) is 10.9 Å². The van der Waals surface area contributed by atoms with Crippen LogP contribution in [0.15, 0.2) is 4.99 Å². The van der Waals surface area contributed by atoms with E-state index in [2.05, 4.69) is 10.3 Å². The fourth-order valence-electron chi connectivity index (χ4n) is 2.09. The Balaban J connectivity index is 2.19. The van der Waals surface area contributed by atoms with E-state index in [1.165, 1.54) is 11.3 Å². The van der Waals surface area contributed by atoms with Crippen LogP contribution in [0.3, 0.4) is 0 Å². The van der Waals surface area contributed by atoms with Crippen LogP contribution in [-0.2, 0) is 0 Å². The number of carbonyl (C=O) groups is 1. The number of ketones is 1. The second-order valence-electron chi connectivity index (χ2n) is 3.81. The predicted molar refractivity (Wildman–Crippen MR) is 59.1 cm³/mol. The molecule has 1 unspecified atom stereocenters. The molecule has 5 heteroatoms. The van der Waals surface area contributed by atoms with Gasteiger partial charge in [-0.1, -0.05) is 0 Å². The summed E-state index contributed by atoms with van der Waals surface area (Å²) in [6, 6.07) is 0. The van der Waals surface area contributed by atoms with Gasteiger partial charge in [0.25, 0.3) is 0 Å². The van der Waals surface area contributed by atoms with E-state index in [-0.39, 0.29) is 17.5 Å². The van der Waals surface area contributed by atoms with Gasteiger partial charge in [-0.2, -0.15) is 0 Å². The highest BCUT2D eigenvalue weighted by atomic mass is 32.1. The van der Waals surface area contributed by atoms with E-state index in [0.717, 1.165) is 22.1 Å². The van der Waals surface area contributed by atoms with Gasteiger partial charge < -0.3 is 10.4 Å². The van der Waals surface area contributed by atoms with Crippen LogP contribution in [0.1, 0.15) is 21.7 Å². The van der Waals surface area contributed by atoms with Crippen LogP contribution < -0.4 is 5.32 Å². The van der Waals surface area contributed by atoms with Gasteiger partial charge in [-0.3, -0.25) is 9.79 Å². The van der Waals surface area contributed by atoms with Crippen molar-refractivity contribution in [3.63, 3.8) is 0 Å². The van der Waals surface area contributed by atoms with Gasteiger partial charge in [0.15, 0.2) is 5.78 Å². The summed E-state index contributed by atoms with van der Waals surface area (Å²) >= 11 is 1.41. The number of aryl methyl sites for hydroxylation is 1. The minimum absolute atomic E-state index is 0.0156. The van der Waals surface area contributed by atoms with Crippen LogP contribution >= 0.6 is 11.3 Å². The van der Waals surface area contributed by atoms with Crippen LogP contribution in [0.2, 0.25) is 0 Å². The van der Waals surface area contributed by atoms with E-state index in [4.69, 9.17) is 0 Å². The molecule has 0 saturated heterocycles. The number of thiophene rings is 1. The summed E-state index contributed by atoms with van der Waals surface area (Å²) in [5.74, 6) is 0.770. The Labute approximate surface area is 90.7 Å². The minimum atomic E-state index is -0.155. The molecular weight excluding hydrogens is 212 g/mol. The van der Waals surface area contributed by atoms with Crippen LogP contribution in [-0.4, -0.2) is 23.3 Å². The number of nitrogens with one attached hydrogen (secondary N) is 1. The molecule has 2 N–H and O–H groups in total. The third-order valence-corrected chi connectivity index (χ3v) is 3.90. The smallest absolute Gasteiger partial charge is 0.180 e. The molecule has 0 amide bonds. The van der Waals surface area contributed by atoms with Crippen LogP contribution in [0, 0.1) is 12.8 Å². The topological polar surface area (TPSA) is 61.7 Å². The lowest BCUT2D eigenvalue weighted by molar-refractivity contribution is 0.0951. The Bertz CT molecular complexity index is 490. The number of aromatic hydroxyl groups is 1. The lowest BCUT2D eigenvalue weighted by Crippen LogP contribution is -2.31. The highest BCUT2D eigenvalue weighted by Crippen LogP contribution is 2.43. The summed E-state index contributed by atoms with van der Waals surface area (Å²) in [5, 5.41) is 13.7. The molecule has 1 aromatic heterocycles. The Hall–Kier alpha value is -1.36. The Morgan fingerprint density at radius 2 is 2.40 bits per heavy atom. The summed E-state index contributed by atoms with van der Waals surface area (Å²) < 4.78 is 0. The quantitative estimate of drug-likeness (QED) is 0.703. The summed E-state index contributed by atoms with van der Waals surface area (Å²) in [5.41, 5.74) is 0.461. The molecule has 1 aromatic rings. The van der Waals surface area contributed by atoms with Crippen molar-refractivity contribution in [1.29, 1.82) is 0 Å². The fourth-order valence-corrected chi connectivity index (χ4v) is 3.05. The molecular formula is C10H10N2O2S. The number of carbonyl (C=O) groups excluding carboxylic acids is 1. The normalized spacial score (nSPS) is 23.1. The average Bonchev–Trinajstić information content (AvgIpc) is 2.74. The molecule has 0 fully saturated rings. The minimum Gasteiger partial charge on any atom is -0.506 e. The molecule has 3 heterocycles. The van der Waals surface area contributed by atoms with Gasteiger partial charge in [0.2, 0.25) is 0 Å². The van der Waals surface area contributed by atoms with Gasteiger partial charge in [-0.05, 0) is 13.3 Å². The molecule has 0 radical (unpaired) electrons. The molecule has 78 valence electrons. The van der Waals surface area contributed by atoms with Gasteiger partial charge in [0.1, 0.15) is 16.6 Å². The summed E-state index contributed by atoms with van der Waals surface area (Å²) in [6.45, 7) is 2.51. The fraction of sp³-hybridized carbons (Fsp3) is 0.400. The van der Waals surface area contributed by atoms with Crippen molar-refractivity contribution in [3.05, 3.63) is 10.4 Å². The summed E-state index contributed by atoms with van der Waals surface area (Å²) in [4.78, 5) is 17.1. The van der Waals surface area contributed by atoms with Crippen LogP contribution in [0.4, 0.5) is 5.00 Å². The molecule has 0 saturated carbocycles. The first-order valence-corrected chi connectivity index (χ1v) is 5.68. The third kappa shape index (κ3) is 1.07. The number of nitrogens with zero attached hydrogens (tertiary/aromatic N) is 1. The molecule has 15 heavy (non-hydrogen) atoms. The number of amidine groups is 1. The summed E-state index contributed by atoms with van der Waals surface area (Å²) in [6.07, 6.45) is 0.759. The maximum Gasteiger partial charge on any atom is 0.180 e. The summed E-state index contributed by atoms with van der Waals surface area (Å²) in [7, 11) is 0. The number of hydrogen-bond acceptors (Lipinski definition) is 5. The first-order valence-electron chi connectivity index (χ1n) is 4.86. The lowest BCUT2D eigenvalue weighted by atomic mass is 9.93. The highest BCUT2D eigenvalue weighted by Gasteiger charge is 2.38. The van der Waals surface area contributed by atoms with E-state index in [0.29, 0.717) is 12.1 Å². The zero-order valence-corrected chi connectivity index (χ0v) is 9.02. The van der Waals surface area contributed by atoms with Gasteiger partial charge in [-0.25, -0.2) is 0 Å². The number of fused-ring (bicyclic) bond motifs is 2. The number of Topliss-reactive ketones (excluding diaryl/α,β-unsaturated/α-hetero) is 1. The van der Waals surface area contributed by atoms with Gasteiger partial charge >= 0.3 is 0 Å². The molecule has 3 rings (SSSR count). The molecule has 1 atom stereocenters. The van der Waals surface area contributed by atoms with E-state index in [9.17, 15) is 9.90 Å². The maximum atomic E-state index is 12.1. The Morgan fingerprint density at radius 3 is 3.20 bits per heavy atom. The Kier molecular flexibility index (Phi) is 1.68. The van der Waals surface area contributed by atoms with Crippen LogP contribution in [0.25, 0.3) is 0 Å². The van der Waals surface area contributed by atoms with Crippen molar-refractivity contribution in [1.82, 2.24) is 0 Å². The molecule has 2 aliphatic heterocycles. The number of aliphatic imine (C=N–C) groups is 1. The SMILES string of the molecule is Cc1sc2c(c1O)C(=O)C1CCN=C1N2. The van der Waals surface area contributed by atoms with Crippen molar-refractivity contribution < 1.29 is 9.90 Å². The lowest BCUT2D eigenvalue weighted by Gasteiger charge is -2.19. The number of rotatable bonds is 0. The number of hydrogen-bond donors (Lipinski definition) is 2. The van der Waals surface area contributed by atoms with Gasteiger partial charge in [0.05, 0.1) is 11.5 Å². The molecule has 0 aliphatic carbocycles. The zero-order valence-electron chi connectivity index (χ0n) is 8.20. The van der Waals surface area contributed by atoms with Crippen molar-refractivity contribution in [2.45, 2.75) is 13.3 Å². The number of anilines is 1. The maximum absolute atomic E-state index is 12.1. The molecule has 2 aliphatic rings. The van der Waals surface area contributed by atoms with E-state index in [1.54, 1.807) is 0 Å². The average molecular weight is 222 g/mol. The van der Waals surface area contributed by atoms with Crippen molar-refractivity contribution >= 4 is 28.0 Å². The molecule has 0 aromatic carbocycles. The van der Waals surface area contributed by atoms with Crippen LogP contribution in [0.5, 0.6) is 5.75 Å². The van der Waals surface area contributed by atoms with E-state index >= 15 is 0 Å². The molecule has 4 nitrogen and oxygen atoms in total. The molecule has 0 spiro atoms. The van der Waals surface area contributed by atoms with Gasteiger partial charge in [0, 0.05) is 11.4 Å². The van der Waals surface area contributed by atoms with Crippen molar-refractivity contribution in [2.75, 3.05) is 11.9 Å². The highest BCUT2D eigenvalue weighted by molar-refractivity contribution is 7.17.